The van der Waals surface area contributed by atoms with Crippen LogP contribution in [0.4, 0.5) is 0 Å². The molecule has 0 atom stereocenters. The molecular weight excluding hydrogens is 224 g/mol. The number of carboxylic acids is 1. The highest BCUT2D eigenvalue weighted by atomic mass is 32.1. The van der Waals surface area contributed by atoms with Crippen LogP contribution in [0.3, 0.4) is 0 Å². The lowest BCUT2D eigenvalue weighted by Gasteiger charge is -1.93. The topological polar surface area (TPSA) is 63.1 Å². The van der Waals surface area contributed by atoms with E-state index in [1.165, 1.54) is 11.3 Å². The molecule has 2 heterocycles. The van der Waals surface area contributed by atoms with E-state index in [2.05, 4.69) is 9.97 Å². The van der Waals surface area contributed by atoms with Crippen LogP contribution in [-0.4, -0.2) is 21.0 Å². The summed E-state index contributed by atoms with van der Waals surface area (Å²) < 4.78 is 0. The molecule has 0 spiro atoms. The summed E-state index contributed by atoms with van der Waals surface area (Å²) in [5.41, 5.74) is 0.876. The number of hydrogen-bond donors (Lipinski definition) is 1. The summed E-state index contributed by atoms with van der Waals surface area (Å²) in [5.74, 6) is -0.797. The van der Waals surface area contributed by atoms with Crippen molar-refractivity contribution in [1.29, 1.82) is 0 Å². The van der Waals surface area contributed by atoms with Gasteiger partial charge in [0, 0.05) is 18.8 Å². The molecule has 1 N–H and O–H groups in total. The van der Waals surface area contributed by atoms with Gasteiger partial charge in [-0.15, -0.1) is 11.3 Å². The first-order chi connectivity index (χ1) is 7.75. The Bertz CT molecular complexity index is 482. The Kier molecular flexibility index (Phi) is 3.26. The van der Waals surface area contributed by atoms with Crippen molar-refractivity contribution >= 4 is 17.3 Å². The van der Waals surface area contributed by atoms with E-state index in [0.717, 1.165) is 15.6 Å². The predicted molar refractivity (Wildman–Crippen MR) is 61.3 cm³/mol. The second-order valence-electron chi connectivity index (χ2n) is 3.23. The number of aromatic nitrogens is 2. The molecule has 0 fully saturated rings. The Balaban J connectivity index is 2.11. The lowest BCUT2D eigenvalue weighted by molar-refractivity contribution is -0.136. The summed E-state index contributed by atoms with van der Waals surface area (Å²) in [6.45, 7) is 0. The van der Waals surface area contributed by atoms with Crippen molar-refractivity contribution < 1.29 is 9.90 Å². The molecular formula is C11H10N2O2S. The van der Waals surface area contributed by atoms with Crippen LogP contribution >= 0.6 is 11.3 Å². The fraction of sp³-hybridized carbons (Fsp3) is 0.182. The summed E-state index contributed by atoms with van der Waals surface area (Å²) in [5, 5.41) is 9.40. The van der Waals surface area contributed by atoms with Gasteiger partial charge in [0.25, 0.3) is 0 Å². The first-order valence-corrected chi connectivity index (χ1v) is 5.65. The third-order valence-corrected chi connectivity index (χ3v) is 3.10. The smallest absolute Gasteiger partial charge is 0.303 e. The van der Waals surface area contributed by atoms with Gasteiger partial charge in [0.15, 0.2) is 0 Å². The lowest BCUT2D eigenvalue weighted by atomic mass is 10.3. The van der Waals surface area contributed by atoms with Gasteiger partial charge in [-0.2, -0.15) is 0 Å². The van der Waals surface area contributed by atoms with Gasteiger partial charge in [-0.25, -0.2) is 4.98 Å². The molecule has 16 heavy (non-hydrogen) atoms. The molecule has 0 aliphatic carbocycles. The highest BCUT2D eigenvalue weighted by molar-refractivity contribution is 7.15. The Labute approximate surface area is 96.6 Å². The van der Waals surface area contributed by atoms with Gasteiger partial charge in [0.2, 0.25) is 0 Å². The molecule has 4 nitrogen and oxygen atoms in total. The number of aliphatic carboxylic acids is 1. The van der Waals surface area contributed by atoms with Gasteiger partial charge in [-0.1, -0.05) is 6.07 Å². The molecule has 0 radical (unpaired) electrons. The van der Waals surface area contributed by atoms with Gasteiger partial charge >= 0.3 is 5.97 Å². The maximum atomic E-state index is 10.4. The second-order valence-corrected chi connectivity index (χ2v) is 4.34. The fourth-order valence-electron chi connectivity index (χ4n) is 1.27. The van der Waals surface area contributed by atoms with E-state index >= 15 is 0 Å². The zero-order valence-electron chi connectivity index (χ0n) is 8.46. The minimum absolute atomic E-state index is 0.120. The Hall–Kier alpha value is -1.75. The zero-order chi connectivity index (χ0) is 11.4. The van der Waals surface area contributed by atoms with E-state index in [1.807, 2.05) is 18.2 Å². The average molecular weight is 234 g/mol. The number of carbonyl (C=O) groups is 1. The number of thiazole rings is 1. The van der Waals surface area contributed by atoms with E-state index in [4.69, 9.17) is 5.11 Å². The lowest BCUT2D eigenvalue weighted by Crippen LogP contribution is -1.96. The standard InChI is InChI=1S/C11H10N2O2S/c14-11(15)5-4-10-13-7-9(16-10)8-3-1-2-6-12-8/h1-3,6-7H,4-5H2,(H,14,15). The van der Waals surface area contributed by atoms with Crippen LogP contribution in [0.2, 0.25) is 0 Å². The maximum absolute atomic E-state index is 10.4. The number of nitrogens with zero attached hydrogens (tertiary/aromatic N) is 2. The van der Waals surface area contributed by atoms with Crippen molar-refractivity contribution in [3.05, 3.63) is 35.6 Å². The first-order valence-electron chi connectivity index (χ1n) is 4.83. The number of hydrogen-bond acceptors (Lipinski definition) is 4. The van der Waals surface area contributed by atoms with Crippen molar-refractivity contribution in [1.82, 2.24) is 9.97 Å². The average Bonchev–Trinajstić information content (AvgIpc) is 2.76. The molecule has 82 valence electrons. The van der Waals surface area contributed by atoms with Crippen molar-refractivity contribution in [3.8, 4) is 10.6 Å². The summed E-state index contributed by atoms with van der Waals surface area (Å²) in [6.07, 6.45) is 4.07. The minimum Gasteiger partial charge on any atom is -0.481 e. The van der Waals surface area contributed by atoms with E-state index in [9.17, 15) is 4.79 Å². The number of carboxylic acid groups (broad SMARTS) is 1. The van der Waals surface area contributed by atoms with Gasteiger partial charge < -0.3 is 5.11 Å². The molecule has 0 unspecified atom stereocenters. The quantitative estimate of drug-likeness (QED) is 0.881. The molecule has 0 aliphatic rings. The molecule has 0 bridgehead atoms. The van der Waals surface area contributed by atoms with Crippen molar-refractivity contribution in [3.63, 3.8) is 0 Å². The molecule has 0 saturated carbocycles. The second kappa shape index (κ2) is 4.85. The van der Waals surface area contributed by atoms with Crippen LogP contribution in [-0.2, 0) is 11.2 Å². The van der Waals surface area contributed by atoms with Crippen molar-refractivity contribution in [2.45, 2.75) is 12.8 Å². The zero-order valence-corrected chi connectivity index (χ0v) is 9.28. The van der Waals surface area contributed by atoms with Crippen LogP contribution in [0, 0.1) is 0 Å². The summed E-state index contributed by atoms with van der Waals surface area (Å²) in [4.78, 5) is 19.8. The van der Waals surface area contributed by atoms with Crippen LogP contribution in [0.25, 0.3) is 10.6 Å². The highest BCUT2D eigenvalue weighted by Crippen LogP contribution is 2.24. The van der Waals surface area contributed by atoms with Crippen molar-refractivity contribution in [2.24, 2.45) is 0 Å². The van der Waals surface area contributed by atoms with Gasteiger partial charge in [-0.05, 0) is 12.1 Å². The number of rotatable bonds is 4. The van der Waals surface area contributed by atoms with Crippen LogP contribution in [0.5, 0.6) is 0 Å². The monoisotopic (exact) mass is 234 g/mol. The van der Waals surface area contributed by atoms with Gasteiger partial charge in [-0.3, -0.25) is 9.78 Å². The minimum atomic E-state index is -0.797. The molecule has 2 rings (SSSR count). The van der Waals surface area contributed by atoms with Crippen molar-refractivity contribution in [2.75, 3.05) is 0 Å². The Morgan fingerprint density at radius 3 is 2.94 bits per heavy atom. The van der Waals surface area contributed by atoms with E-state index in [1.54, 1.807) is 12.4 Å². The third kappa shape index (κ3) is 2.64. The van der Waals surface area contributed by atoms with E-state index in [-0.39, 0.29) is 6.42 Å². The summed E-state index contributed by atoms with van der Waals surface area (Å²) in [6, 6.07) is 5.68. The highest BCUT2D eigenvalue weighted by Gasteiger charge is 2.06. The van der Waals surface area contributed by atoms with Crippen LogP contribution in [0.15, 0.2) is 30.6 Å². The Morgan fingerprint density at radius 1 is 1.38 bits per heavy atom. The molecule has 0 aromatic carbocycles. The van der Waals surface area contributed by atoms with Crippen LogP contribution < -0.4 is 0 Å². The first kappa shape index (κ1) is 10.8. The Morgan fingerprint density at radius 2 is 2.25 bits per heavy atom. The summed E-state index contributed by atoms with van der Waals surface area (Å²) >= 11 is 1.49. The molecule has 5 heteroatoms. The number of aryl methyl sites for hydroxylation is 1. The maximum Gasteiger partial charge on any atom is 0.303 e. The molecule has 0 amide bonds. The molecule has 0 aliphatic heterocycles. The third-order valence-electron chi connectivity index (χ3n) is 2.02. The van der Waals surface area contributed by atoms with Crippen LogP contribution in [0.1, 0.15) is 11.4 Å². The van der Waals surface area contributed by atoms with E-state index in [0.29, 0.717) is 6.42 Å². The molecule has 2 aromatic rings. The van der Waals surface area contributed by atoms with Gasteiger partial charge in [0.1, 0.15) is 0 Å². The van der Waals surface area contributed by atoms with E-state index < -0.39 is 5.97 Å². The summed E-state index contributed by atoms with van der Waals surface area (Å²) in [7, 11) is 0. The SMILES string of the molecule is O=C(O)CCc1ncc(-c2ccccn2)s1. The number of pyridine rings is 1. The normalized spacial score (nSPS) is 10.2. The molecule has 0 saturated heterocycles. The van der Waals surface area contributed by atoms with Gasteiger partial charge in [0.05, 0.1) is 22.0 Å². The molecule has 2 aromatic heterocycles. The predicted octanol–water partition coefficient (Wildman–Crippen LogP) is 2.22. The largest absolute Gasteiger partial charge is 0.481 e. The fourth-order valence-corrected chi connectivity index (χ4v) is 2.16.